The zero-order valence-electron chi connectivity index (χ0n) is 9.29. The van der Waals surface area contributed by atoms with Crippen molar-refractivity contribution >= 4 is 5.91 Å². The molecule has 0 radical (unpaired) electrons. The van der Waals surface area contributed by atoms with Crippen molar-refractivity contribution in [3.63, 3.8) is 0 Å². The van der Waals surface area contributed by atoms with Gasteiger partial charge in [-0.1, -0.05) is 6.42 Å². The Morgan fingerprint density at radius 1 is 1.43 bits per heavy atom. The summed E-state index contributed by atoms with van der Waals surface area (Å²) in [5, 5.41) is 0. The van der Waals surface area contributed by atoms with E-state index in [1.807, 2.05) is 18.7 Å². The topological polar surface area (TPSA) is 29.5 Å². The molecule has 3 nitrogen and oxygen atoms in total. The van der Waals surface area contributed by atoms with Gasteiger partial charge in [-0.05, 0) is 32.6 Å². The number of rotatable bonds is 6. The summed E-state index contributed by atoms with van der Waals surface area (Å²) in [6, 6.07) is 0. The average molecular weight is 199 g/mol. The number of amides is 1. The predicted molar refractivity (Wildman–Crippen MR) is 56.1 cm³/mol. The van der Waals surface area contributed by atoms with Crippen LogP contribution in [-0.2, 0) is 9.53 Å². The molecule has 82 valence electrons. The van der Waals surface area contributed by atoms with E-state index in [0.717, 1.165) is 19.0 Å². The van der Waals surface area contributed by atoms with Gasteiger partial charge in [0.05, 0.1) is 0 Å². The Morgan fingerprint density at radius 3 is 2.57 bits per heavy atom. The van der Waals surface area contributed by atoms with Crippen LogP contribution in [0.3, 0.4) is 0 Å². The van der Waals surface area contributed by atoms with Gasteiger partial charge in [-0.15, -0.1) is 0 Å². The molecule has 0 aromatic rings. The molecule has 0 spiro atoms. The maximum absolute atomic E-state index is 11.6. The largest absolute Gasteiger partial charge is 0.372 e. The van der Waals surface area contributed by atoms with Gasteiger partial charge in [-0.25, -0.2) is 0 Å². The summed E-state index contributed by atoms with van der Waals surface area (Å²) in [4.78, 5) is 13.5. The van der Waals surface area contributed by atoms with Crippen molar-refractivity contribution in [2.45, 2.75) is 33.1 Å². The molecule has 0 atom stereocenters. The molecule has 0 N–H and O–H groups in total. The molecule has 0 heterocycles. The number of ether oxygens (including phenoxy) is 1. The molecule has 0 saturated heterocycles. The van der Waals surface area contributed by atoms with Gasteiger partial charge in [0, 0.05) is 19.7 Å². The van der Waals surface area contributed by atoms with Crippen molar-refractivity contribution in [2.75, 3.05) is 26.3 Å². The third-order valence-corrected chi connectivity index (χ3v) is 2.87. The van der Waals surface area contributed by atoms with E-state index >= 15 is 0 Å². The fraction of sp³-hybridized carbons (Fsp3) is 0.909. The lowest BCUT2D eigenvalue weighted by Crippen LogP contribution is -2.39. The van der Waals surface area contributed by atoms with Gasteiger partial charge in [0.15, 0.2) is 0 Å². The van der Waals surface area contributed by atoms with Crippen molar-refractivity contribution in [3.05, 3.63) is 0 Å². The first-order valence-electron chi connectivity index (χ1n) is 5.63. The molecule has 1 aliphatic rings. The Balaban J connectivity index is 2.24. The summed E-state index contributed by atoms with van der Waals surface area (Å²) in [6.45, 7) is 6.55. The third-order valence-electron chi connectivity index (χ3n) is 2.87. The van der Waals surface area contributed by atoms with E-state index < -0.39 is 0 Å². The SMILES string of the molecule is CCOCC(=O)N(CC)CC1CCC1. The first-order valence-corrected chi connectivity index (χ1v) is 5.63. The van der Waals surface area contributed by atoms with Crippen LogP contribution in [0.4, 0.5) is 0 Å². The second-order valence-corrected chi connectivity index (χ2v) is 3.87. The Bertz CT molecular complexity index is 178. The molecule has 1 fully saturated rings. The van der Waals surface area contributed by atoms with E-state index in [4.69, 9.17) is 4.74 Å². The number of nitrogens with zero attached hydrogens (tertiary/aromatic N) is 1. The van der Waals surface area contributed by atoms with Crippen LogP contribution in [0.5, 0.6) is 0 Å². The lowest BCUT2D eigenvalue weighted by Gasteiger charge is -2.31. The van der Waals surface area contributed by atoms with E-state index in [-0.39, 0.29) is 12.5 Å². The van der Waals surface area contributed by atoms with Crippen LogP contribution in [0, 0.1) is 5.92 Å². The molecule has 0 aliphatic heterocycles. The second-order valence-electron chi connectivity index (χ2n) is 3.87. The number of likely N-dealkylation sites (N-methyl/N-ethyl adjacent to an activating group) is 1. The smallest absolute Gasteiger partial charge is 0.248 e. The van der Waals surface area contributed by atoms with Gasteiger partial charge in [0.1, 0.15) is 6.61 Å². The minimum Gasteiger partial charge on any atom is -0.372 e. The molecule has 0 bridgehead atoms. The van der Waals surface area contributed by atoms with Crippen LogP contribution in [0.2, 0.25) is 0 Å². The fourth-order valence-electron chi connectivity index (χ4n) is 1.67. The van der Waals surface area contributed by atoms with E-state index in [9.17, 15) is 4.79 Å². The first kappa shape index (κ1) is 11.5. The minimum atomic E-state index is 0.140. The molecule has 0 aromatic carbocycles. The summed E-state index contributed by atoms with van der Waals surface area (Å²) in [7, 11) is 0. The third kappa shape index (κ3) is 3.29. The highest BCUT2D eigenvalue weighted by molar-refractivity contribution is 5.77. The van der Waals surface area contributed by atoms with Crippen LogP contribution < -0.4 is 0 Å². The average Bonchev–Trinajstić information content (AvgIpc) is 2.13. The summed E-state index contributed by atoms with van der Waals surface area (Å²) in [5.74, 6) is 0.891. The van der Waals surface area contributed by atoms with Gasteiger partial charge in [0.25, 0.3) is 0 Å². The Hall–Kier alpha value is -0.570. The molecular formula is C11H21NO2. The standard InChI is InChI=1S/C11H21NO2/c1-3-12(8-10-6-5-7-10)11(13)9-14-4-2/h10H,3-9H2,1-2H3. The molecule has 3 heteroatoms. The number of hydrogen-bond donors (Lipinski definition) is 0. The van der Waals surface area contributed by atoms with Crippen LogP contribution >= 0.6 is 0 Å². The quantitative estimate of drug-likeness (QED) is 0.651. The Labute approximate surface area is 86.4 Å². The maximum atomic E-state index is 11.6. The Kier molecular flexibility index (Phi) is 4.94. The molecule has 1 saturated carbocycles. The van der Waals surface area contributed by atoms with E-state index in [1.165, 1.54) is 19.3 Å². The molecule has 14 heavy (non-hydrogen) atoms. The van der Waals surface area contributed by atoms with Crippen molar-refractivity contribution in [3.8, 4) is 0 Å². The predicted octanol–water partition coefficient (Wildman–Crippen LogP) is 1.67. The maximum Gasteiger partial charge on any atom is 0.248 e. The van der Waals surface area contributed by atoms with Gasteiger partial charge in [0.2, 0.25) is 5.91 Å². The molecule has 1 rings (SSSR count). The van der Waals surface area contributed by atoms with Gasteiger partial charge in [-0.2, -0.15) is 0 Å². The molecule has 0 unspecified atom stereocenters. The number of carbonyl (C=O) groups excluding carboxylic acids is 1. The summed E-state index contributed by atoms with van der Waals surface area (Å²) in [5.41, 5.74) is 0. The van der Waals surface area contributed by atoms with Gasteiger partial charge in [-0.3, -0.25) is 4.79 Å². The highest BCUT2D eigenvalue weighted by Crippen LogP contribution is 2.26. The molecule has 1 aliphatic carbocycles. The van der Waals surface area contributed by atoms with Crippen molar-refractivity contribution < 1.29 is 9.53 Å². The van der Waals surface area contributed by atoms with E-state index in [1.54, 1.807) is 0 Å². The van der Waals surface area contributed by atoms with Crippen LogP contribution in [0.25, 0.3) is 0 Å². The summed E-state index contributed by atoms with van der Waals surface area (Å²) in [6.07, 6.45) is 3.92. The highest BCUT2D eigenvalue weighted by Gasteiger charge is 2.22. The van der Waals surface area contributed by atoms with Crippen LogP contribution in [0.15, 0.2) is 0 Å². The lowest BCUT2D eigenvalue weighted by atomic mass is 9.85. The van der Waals surface area contributed by atoms with Crippen molar-refractivity contribution in [1.82, 2.24) is 4.90 Å². The zero-order valence-corrected chi connectivity index (χ0v) is 9.29. The molecule has 0 aromatic heterocycles. The van der Waals surface area contributed by atoms with E-state index in [0.29, 0.717) is 6.61 Å². The van der Waals surface area contributed by atoms with Crippen LogP contribution in [0.1, 0.15) is 33.1 Å². The van der Waals surface area contributed by atoms with Gasteiger partial charge < -0.3 is 9.64 Å². The Morgan fingerprint density at radius 2 is 2.14 bits per heavy atom. The minimum absolute atomic E-state index is 0.140. The highest BCUT2D eigenvalue weighted by atomic mass is 16.5. The molecular weight excluding hydrogens is 178 g/mol. The number of hydrogen-bond acceptors (Lipinski definition) is 2. The summed E-state index contributed by atoms with van der Waals surface area (Å²) < 4.78 is 5.12. The first-order chi connectivity index (χ1) is 6.77. The monoisotopic (exact) mass is 199 g/mol. The number of carbonyl (C=O) groups is 1. The second kappa shape index (κ2) is 6.02. The van der Waals surface area contributed by atoms with E-state index in [2.05, 4.69) is 0 Å². The normalized spacial score (nSPS) is 16.4. The van der Waals surface area contributed by atoms with Gasteiger partial charge >= 0.3 is 0 Å². The lowest BCUT2D eigenvalue weighted by molar-refractivity contribution is -0.136. The molecule has 1 amide bonds. The van der Waals surface area contributed by atoms with Crippen molar-refractivity contribution in [1.29, 1.82) is 0 Å². The fourth-order valence-corrected chi connectivity index (χ4v) is 1.67. The van der Waals surface area contributed by atoms with Crippen LogP contribution in [-0.4, -0.2) is 37.1 Å². The van der Waals surface area contributed by atoms with Crippen molar-refractivity contribution in [2.24, 2.45) is 5.92 Å². The summed E-state index contributed by atoms with van der Waals surface area (Å²) >= 11 is 0. The zero-order chi connectivity index (χ0) is 10.4.